The van der Waals surface area contributed by atoms with Crippen molar-refractivity contribution in [2.45, 2.75) is 31.3 Å². The number of halogens is 1. The van der Waals surface area contributed by atoms with Crippen LogP contribution < -0.4 is 9.88 Å². The molecule has 1 heterocycles. The number of aromatic nitrogens is 2. The van der Waals surface area contributed by atoms with Crippen LogP contribution in [-0.2, 0) is 23.1 Å². The van der Waals surface area contributed by atoms with Crippen molar-refractivity contribution >= 4 is 10.0 Å². The van der Waals surface area contributed by atoms with Crippen LogP contribution in [0.15, 0.2) is 27.6 Å². The second kappa shape index (κ2) is 6.19. The first-order chi connectivity index (χ1) is 9.90. The van der Waals surface area contributed by atoms with Gasteiger partial charge in [-0.05, 0) is 24.6 Å². The molecule has 0 aliphatic heterocycles. The Labute approximate surface area is 121 Å². The molecule has 0 spiro atoms. The molecule has 0 atom stereocenters. The highest BCUT2D eigenvalue weighted by atomic mass is 32.2. The molecule has 0 aliphatic rings. The number of benzene rings is 1. The standard InChI is InChI=1S/C12H14FN3O4S/c1-2-3-11-15-12(20-16-11)7-19-10-5-4-8(6-9(10)13)21(14,17)18/h4-6H,2-3,7H2,1H3,(H2,14,17,18). The Hall–Kier alpha value is -2.00. The van der Waals surface area contributed by atoms with Crippen molar-refractivity contribution in [2.75, 3.05) is 0 Å². The lowest BCUT2D eigenvalue weighted by atomic mass is 10.3. The minimum Gasteiger partial charge on any atom is -0.481 e. The van der Waals surface area contributed by atoms with E-state index >= 15 is 0 Å². The van der Waals surface area contributed by atoms with Gasteiger partial charge in [0.2, 0.25) is 10.0 Å². The molecule has 0 amide bonds. The summed E-state index contributed by atoms with van der Waals surface area (Å²) in [6, 6.07) is 3.13. The maximum Gasteiger partial charge on any atom is 0.264 e. The topological polar surface area (TPSA) is 108 Å². The first-order valence-electron chi connectivity index (χ1n) is 6.16. The molecule has 0 saturated heterocycles. The summed E-state index contributed by atoms with van der Waals surface area (Å²) < 4.78 is 46.0. The van der Waals surface area contributed by atoms with Crippen LogP contribution in [0.4, 0.5) is 4.39 Å². The minimum absolute atomic E-state index is 0.109. The third-order valence-electron chi connectivity index (χ3n) is 2.57. The Morgan fingerprint density at radius 2 is 2.19 bits per heavy atom. The smallest absolute Gasteiger partial charge is 0.264 e. The van der Waals surface area contributed by atoms with Gasteiger partial charge in [0.05, 0.1) is 4.90 Å². The van der Waals surface area contributed by atoms with Crippen LogP contribution in [0.1, 0.15) is 25.1 Å². The fraction of sp³-hybridized carbons (Fsp3) is 0.333. The zero-order chi connectivity index (χ0) is 15.5. The summed E-state index contributed by atoms with van der Waals surface area (Å²) >= 11 is 0. The highest BCUT2D eigenvalue weighted by molar-refractivity contribution is 7.89. The van der Waals surface area contributed by atoms with Gasteiger partial charge in [0.15, 0.2) is 24.0 Å². The van der Waals surface area contributed by atoms with E-state index in [1.807, 2.05) is 6.92 Å². The quantitative estimate of drug-likeness (QED) is 0.863. The highest BCUT2D eigenvalue weighted by Gasteiger charge is 2.13. The van der Waals surface area contributed by atoms with Crippen molar-refractivity contribution in [1.82, 2.24) is 10.1 Å². The van der Waals surface area contributed by atoms with E-state index in [2.05, 4.69) is 10.1 Å². The third-order valence-corrected chi connectivity index (χ3v) is 3.48. The molecule has 7 nitrogen and oxygen atoms in total. The molecule has 2 aromatic rings. The zero-order valence-electron chi connectivity index (χ0n) is 11.2. The van der Waals surface area contributed by atoms with Crippen molar-refractivity contribution < 1.29 is 22.1 Å². The number of aryl methyl sites for hydroxylation is 1. The fourth-order valence-electron chi connectivity index (χ4n) is 1.59. The Morgan fingerprint density at radius 3 is 2.81 bits per heavy atom. The van der Waals surface area contributed by atoms with Gasteiger partial charge in [-0.25, -0.2) is 17.9 Å². The summed E-state index contributed by atoms with van der Waals surface area (Å²) in [7, 11) is -3.95. The molecule has 0 bridgehead atoms. The van der Waals surface area contributed by atoms with Gasteiger partial charge in [0.1, 0.15) is 0 Å². The normalized spacial score (nSPS) is 11.6. The van der Waals surface area contributed by atoms with E-state index in [9.17, 15) is 12.8 Å². The monoisotopic (exact) mass is 315 g/mol. The summed E-state index contributed by atoms with van der Waals surface area (Å²) in [5.41, 5.74) is 0. The van der Waals surface area contributed by atoms with Crippen molar-refractivity contribution in [1.29, 1.82) is 0 Å². The van der Waals surface area contributed by atoms with Gasteiger partial charge in [0, 0.05) is 6.42 Å². The Morgan fingerprint density at radius 1 is 1.43 bits per heavy atom. The summed E-state index contributed by atoms with van der Waals surface area (Å²) in [5.74, 6) is -0.193. The van der Waals surface area contributed by atoms with Crippen molar-refractivity contribution in [3.05, 3.63) is 35.7 Å². The van der Waals surface area contributed by atoms with E-state index in [1.54, 1.807) is 0 Å². The predicted molar refractivity (Wildman–Crippen MR) is 70.4 cm³/mol. The molecule has 0 aliphatic carbocycles. The number of ether oxygens (including phenoxy) is 1. The van der Waals surface area contributed by atoms with Gasteiger partial charge >= 0.3 is 0 Å². The van der Waals surface area contributed by atoms with Crippen LogP contribution >= 0.6 is 0 Å². The number of hydrogen-bond acceptors (Lipinski definition) is 6. The van der Waals surface area contributed by atoms with Crippen molar-refractivity contribution in [3.63, 3.8) is 0 Å². The van der Waals surface area contributed by atoms with Gasteiger partial charge in [-0.2, -0.15) is 4.98 Å². The molecular weight excluding hydrogens is 301 g/mol. The lowest BCUT2D eigenvalue weighted by Crippen LogP contribution is -2.12. The molecule has 0 fully saturated rings. The summed E-state index contributed by atoms with van der Waals surface area (Å²) in [5, 5.41) is 8.63. The molecule has 1 aromatic heterocycles. The second-order valence-electron chi connectivity index (χ2n) is 4.28. The fourth-order valence-corrected chi connectivity index (χ4v) is 2.11. The van der Waals surface area contributed by atoms with Crippen LogP contribution in [0.2, 0.25) is 0 Å². The van der Waals surface area contributed by atoms with E-state index in [1.165, 1.54) is 6.07 Å². The number of rotatable bonds is 6. The summed E-state index contributed by atoms with van der Waals surface area (Å²) in [4.78, 5) is 3.74. The Bertz CT molecular complexity index is 730. The number of nitrogens with zero attached hydrogens (tertiary/aromatic N) is 2. The van der Waals surface area contributed by atoms with E-state index in [0.29, 0.717) is 12.2 Å². The van der Waals surface area contributed by atoms with Crippen LogP contribution in [-0.4, -0.2) is 18.6 Å². The van der Waals surface area contributed by atoms with Gasteiger partial charge in [-0.3, -0.25) is 0 Å². The van der Waals surface area contributed by atoms with Gasteiger partial charge in [-0.1, -0.05) is 12.1 Å². The molecule has 21 heavy (non-hydrogen) atoms. The Kier molecular flexibility index (Phi) is 4.53. The average Bonchev–Trinajstić information content (AvgIpc) is 2.84. The Balaban J connectivity index is 2.06. The lowest BCUT2D eigenvalue weighted by Gasteiger charge is -2.05. The molecule has 0 saturated carbocycles. The summed E-state index contributed by atoms with van der Waals surface area (Å²) in [6.07, 6.45) is 1.56. The van der Waals surface area contributed by atoms with Crippen LogP contribution in [0.25, 0.3) is 0 Å². The van der Waals surface area contributed by atoms with Gasteiger partial charge < -0.3 is 9.26 Å². The van der Waals surface area contributed by atoms with E-state index in [4.69, 9.17) is 14.4 Å². The van der Waals surface area contributed by atoms with Crippen LogP contribution in [0.5, 0.6) is 5.75 Å². The van der Waals surface area contributed by atoms with Crippen LogP contribution in [0.3, 0.4) is 0 Å². The van der Waals surface area contributed by atoms with Gasteiger partial charge in [0.25, 0.3) is 5.89 Å². The second-order valence-corrected chi connectivity index (χ2v) is 5.84. The molecular formula is C12H14FN3O4S. The maximum absolute atomic E-state index is 13.7. The molecule has 1 aromatic carbocycles. The zero-order valence-corrected chi connectivity index (χ0v) is 12.1. The molecule has 0 radical (unpaired) electrons. The van der Waals surface area contributed by atoms with Crippen LogP contribution in [0, 0.1) is 5.82 Å². The van der Waals surface area contributed by atoms with E-state index in [0.717, 1.165) is 18.6 Å². The minimum atomic E-state index is -3.95. The van der Waals surface area contributed by atoms with Crippen molar-refractivity contribution in [2.24, 2.45) is 5.14 Å². The van der Waals surface area contributed by atoms with E-state index < -0.39 is 15.8 Å². The predicted octanol–water partition coefficient (Wildman–Crippen LogP) is 1.39. The third kappa shape index (κ3) is 3.99. The maximum atomic E-state index is 13.7. The lowest BCUT2D eigenvalue weighted by molar-refractivity contribution is 0.234. The molecule has 9 heteroatoms. The first kappa shape index (κ1) is 15.4. The SMILES string of the molecule is CCCc1noc(COc2ccc(S(N)(=O)=O)cc2F)n1. The largest absolute Gasteiger partial charge is 0.481 e. The van der Waals surface area contributed by atoms with Gasteiger partial charge in [-0.15, -0.1) is 0 Å². The average molecular weight is 315 g/mol. The molecule has 2 rings (SSSR count). The molecule has 2 N–H and O–H groups in total. The molecule has 114 valence electrons. The summed E-state index contributed by atoms with van der Waals surface area (Å²) in [6.45, 7) is 1.87. The number of primary sulfonamides is 1. The highest BCUT2D eigenvalue weighted by Crippen LogP contribution is 2.21. The van der Waals surface area contributed by atoms with E-state index in [-0.39, 0.29) is 23.1 Å². The molecule has 0 unspecified atom stereocenters. The first-order valence-corrected chi connectivity index (χ1v) is 7.71. The van der Waals surface area contributed by atoms with Crippen molar-refractivity contribution in [3.8, 4) is 5.75 Å². The number of nitrogens with two attached hydrogens (primary N) is 1. The number of hydrogen-bond donors (Lipinski definition) is 1. The number of sulfonamides is 1.